The van der Waals surface area contributed by atoms with E-state index >= 15 is 0 Å². The fourth-order valence-corrected chi connectivity index (χ4v) is 8.27. The highest BCUT2D eigenvalue weighted by Gasteiger charge is 2.51. The minimum Gasteiger partial charge on any atom is -0.361 e. The first-order chi connectivity index (χ1) is 16.1. The number of sulfonamides is 1. The molecule has 3 aliphatic rings. The van der Waals surface area contributed by atoms with E-state index in [0.29, 0.717) is 30.3 Å². The minimum absolute atomic E-state index is 0.270. The van der Waals surface area contributed by atoms with Gasteiger partial charge in [0.1, 0.15) is 0 Å². The molecular formula is C29H36N2O2S. The van der Waals surface area contributed by atoms with Crippen molar-refractivity contribution in [2.45, 2.75) is 58.8 Å². The molecule has 5 heteroatoms. The van der Waals surface area contributed by atoms with Crippen molar-refractivity contribution in [2.75, 3.05) is 13.1 Å². The van der Waals surface area contributed by atoms with Gasteiger partial charge >= 0.3 is 0 Å². The fraction of sp³-hybridized carbons (Fsp3) is 0.448. The summed E-state index contributed by atoms with van der Waals surface area (Å²) in [6, 6.07) is 12.2. The van der Waals surface area contributed by atoms with E-state index in [-0.39, 0.29) is 5.41 Å². The number of aromatic nitrogens is 1. The Morgan fingerprint density at radius 1 is 1.09 bits per heavy atom. The third kappa shape index (κ3) is 3.83. The predicted molar refractivity (Wildman–Crippen MR) is 139 cm³/mol. The van der Waals surface area contributed by atoms with Crippen LogP contribution in [0, 0.1) is 38.0 Å². The van der Waals surface area contributed by atoms with E-state index in [1.165, 1.54) is 17.4 Å². The van der Waals surface area contributed by atoms with Crippen LogP contribution in [0.1, 0.15) is 48.9 Å². The van der Waals surface area contributed by atoms with Crippen LogP contribution < -0.4 is 0 Å². The Morgan fingerprint density at radius 2 is 1.79 bits per heavy atom. The topological polar surface area (TPSA) is 53.2 Å². The monoisotopic (exact) mass is 476 g/mol. The summed E-state index contributed by atoms with van der Waals surface area (Å²) in [5, 5.41) is 1.17. The zero-order chi connectivity index (χ0) is 24.3. The molecule has 0 saturated heterocycles. The molecule has 0 spiro atoms. The number of hydrogen-bond acceptors (Lipinski definition) is 2. The first kappa shape index (κ1) is 23.4. The van der Waals surface area contributed by atoms with Gasteiger partial charge in [-0.3, -0.25) is 0 Å². The van der Waals surface area contributed by atoms with E-state index in [2.05, 4.69) is 37.0 Å². The summed E-state index contributed by atoms with van der Waals surface area (Å²) in [5.74, 6) is 1.22. The lowest BCUT2D eigenvalue weighted by Crippen LogP contribution is -2.50. The first-order valence-electron chi connectivity index (χ1n) is 12.4. The molecule has 0 amide bonds. The number of hydrogen-bond donors (Lipinski definition) is 1. The Labute approximate surface area is 204 Å². The second kappa shape index (κ2) is 8.39. The predicted octanol–water partition coefficient (Wildman–Crippen LogP) is 6.32. The molecule has 2 aromatic carbocycles. The SMILES string of the molecule is Cc1cc(C)c(S(=O)(=O)N(CCc2c[nH]c3ccccc23)CC2=CCC3CC2C3(C)C)c(C)c1. The number of nitrogens with one attached hydrogen (secondary N) is 1. The van der Waals surface area contributed by atoms with Crippen molar-refractivity contribution in [3.8, 4) is 0 Å². The fourth-order valence-electron chi connectivity index (χ4n) is 6.43. The number of para-hydroxylation sites is 1. The van der Waals surface area contributed by atoms with Crippen LogP contribution in [-0.2, 0) is 16.4 Å². The summed E-state index contributed by atoms with van der Waals surface area (Å²) in [5.41, 5.74) is 6.58. The molecule has 0 aliphatic heterocycles. The van der Waals surface area contributed by atoms with Gasteiger partial charge in [0.25, 0.3) is 0 Å². The molecule has 2 atom stereocenters. The highest BCUT2D eigenvalue weighted by Crippen LogP contribution is 2.59. The highest BCUT2D eigenvalue weighted by molar-refractivity contribution is 7.89. The normalized spacial score (nSPS) is 21.5. The third-order valence-corrected chi connectivity index (χ3v) is 10.6. The van der Waals surface area contributed by atoms with Crippen molar-refractivity contribution in [1.29, 1.82) is 0 Å². The maximum atomic E-state index is 14.2. The lowest BCUT2D eigenvalue weighted by molar-refractivity contribution is -0.00884. The van der Waals surface area contributed by atoms with Crippen LogP contribution in [0.3, 0.4) is 0 Å². The van der Waals surface area contributed by atoms with Crippen LogP contribution in [0.4, 0.5) is 0 Å². The van der Waals surface area contributed by atoms with Crippen molar-refractivity contribution in [3.63, 3.8) is 0 Å². The molecule has 2 bridgehead atoms. The molecule has 4 nitrogen and oxygen atoms in total. The summed E-state index contributed by atoms with van der Waals surface area (Å²) in [6.07, 6.45) is 7.29. The van der Waals surface area contributed by atoms with Gasteiger partial charge in [0.15, 0.2) is 0 Å². The number of rotatable bonds is 7. The summed E-state index contributed by atoms with van der Waals surface area (Å²) >= 11 is 0. The van der Waals surface area contributed by atoms with E-state index in [0.717, 1.165) is 40.1 Å². The van der Waals surface area contributed by atoms with Gasteiger partial charge in [-0.05, 0) is 80.0 Å². The number of nitrogens with zero attached hydrogens (tertiary/aromatic N) is 1. The third-order valence-electron chi connectivity index (χ3n) is 8.45. The largest absolute Gasteiger partial charge is 0.361 e. The maximum absolute atomic E-state index is 14.2. The van der Waals surface area contributed by atoms with Gasteiger partial charge in [0.05, 0.1) is 4.90 Å². The van der Waals surface area contributed by atoms with E-state index in [1.807, 2.05) is 51.2 Å². The molecule has 180 valence electrons. The zero-order valence-corrected chi connectivity index (χ0v) is 21.8. The van der Waals surface area contributed by atoms with Crippen molar-refractivity contribution < 1.29 is 8.42 Å². The first-order valence-corrected chi connectivity index (χ1v) is 13.8. The Balaban J connectivity index is 1.50. The molecule has 1 saturated carbocycles. The molecule has 34 heavy (non-hydrogen) atoms. The van der Waals surface area contributed by atoms with Gasteiger partial charge in [-0.15, -0.1) is 0 Å². The van der Waals surface area contributed by atoms with Crippen LogP contribution >= 0.6 is 0 Å². The highest BCUT2D eigenvalue weighted by atomic mass is 32.2. The molecule has 1 N–H and O–H groups in total. The van der Waals surface area contributed by atoms with Gasteiger partial charge in [0.2, 0.25) is 10.0 Å². The average molecular weight is 477 g/mol. The number of aromatic amines is 1. The van der Waals surface area contributed by atoms with Crippen LogP contribution in [-0.4, -0.2) is 30.8 Å². The minimum atomic E-state index is -3.65. The van der Waals surface area contributed by atoms with Crippen LogP contribution in [0.25, 0.3) is 10.9 Å². The quantitative estimate of drug-likeness (QED) is 0.406. The van der Waals surface area contributed by atoms with Crippen molar-refractivity contribution in [2.24, 2.45) is 17.3 Å². The van der Waals surface area contributed by atoms with Crippen molar-refractivity contribution >= 4 is 20.9 Å². The summed E-state index contributed by atoms with van der Waals surface area (Å²) in [7, 11) is -3.65. The number of H-pyrrole nitrogens is 1. The van der Waals surface area contributed by atoms with Gasteiger partial charge in [-0.2, -0.15) is 4.31 Å². The lowest BCUT2D eigenvalue weighted by Gasteiger charge is -2.57. The summed E-state index contributed by atoms with van der Waals surface area (Å²) in [6.45, 7) is 11.5. The Hall–Kier alpha value is -2.37. The lowest BCUT2D eigenvalue weighted by atomic mass is 9.49. The standard InChI is InChI=1S/C29H36N2O2S/c1-19-14-20(2)28(21(3)15-19)34(32,33)31(18-23-10-11-24-16-26(23)29(24,4)5)13-12-22-17-30-27-9-7-6-8-25(22)27/h6-10,14-15,17,24,26,30H,11-13,16,18H2,1-5H3. The molecule has 3 aliphatic carbocycles. The number of allylic oxidation sites excluding steroid dienone is 1. The van der Waals surface area contributed by atoms with E-state index in [1.54, 1.807) is 4.31 Å². The van der Waals surface area contributed by atoms with Gasteiger partial charge in [-0.1, -0.05) is 61.4 Å². The summed E-state index contributed by atoms with van der Waals surface area (Å²) in [4.78, 5) is 3.80. The van der Waals surface area contributed by atoms with Crippen LogP contribution in [0.2, 0.25) is 0 Å². The Morgan fingerprint density at radius 3 is 2.47 bits per heavy atom. The molecule has 2 unspecified atom stereocenters. The number of fused-ring (bicyclic) bond motifs is 2. The van der Waals surface area contributed by atoms with E-state index in [9.17, 15) is 8.42 Å². The van der Waals surface area contributed by atoms with Gasteiger partial charge < -0.3 is 4.98 Å². The van der Waals surface area contributed by atoms with Gasteiger partial charge in [0, 0.05) is 30.2 Å². The summed E-state index contributed by atoms with van der Waals surface area (Å²) < 4.78 is 30.1. The second-order valence-electron chi connectivity index (χ2n) is 11.0. The molecule has 3 aromatic rings. The maximum Gasteiger partial charge on any atom is 0.243 e. The molecule has 1 heterocycles. The van der Waals surface area contributed by atoms with Crippen LogP contribution in [0.5, 0.6) is 0 Å². The molecule has 6 rings (SSSR count). The Kier molecular flexibility index (Phi) is 5.77. The molecule has 0 radical (unpaired) electrons. The smallest absolute Gasteiger partial charge is 0.243 e. The van der Waals surface area contributed by atoms with E-state index in [4.69, 9.17) is 0 Å². The molecular weight excluding hydrogens is 440 g/mol. The Bertz CT molecular complexity index is 1360. The average Bonchev–Trinajstić information content (AvgIpc) is 3.18. The van der Waals surface area contributed by atoms with Crippen LogP contribution in [0.15, 0.2) is 59.1 Å². The van der Waals surface area contributed by atoms with Crippen molar-refractivity contribution in [1.82, 2.24) is 9.29 Å². The van der Waals surface area contributed by atoms with E-state index < -0.39 is 10.0 Å². The van der Waals surface area contributed by atoms with Gasteiger partial charge in [-0.25, -0.2) is 8.42 Å². The second-order valence-corrected chi connectivity index (χ2v) is 12.9. The number of aryl methyl sites for hydroxylation is 3. The number of benzene rings is 2. The molecule has 1 fully saturated rings. The van der Waals surface area contributed by atoms with Crippen molar-refractivity contribution in [3.05, 3.63) is 76.5 Å². The zero-order valence-electron chi connectivity index (χ0n) is 21.0. The molecule has 1 aromatic heterocycles.